The van der Waals surface area contributed by atoms with Gasteiger partial charge in [0.05, 0.1) is 6.54 Å². The van der Waals surface area contributed by atoms with Crippen LogP contribution in [0.1, 0.15) is 26.7 Å². The van der Waals surface area contributed by atoms with Crippen molar-refractivity contribution in [1.82, 2.24) is 29.6 Å². The van der Waals surface area contributed by atoms with Gasteiger partial charge in [0.2, 0.25) is 11.8 Å². The molecule has 2 aromatic heterocycles. The summed E-state index contributed by atoms with van der Waals surface area (Å²) < 4.78 is 1.65. The van der Waals surface area contributed by atoms with Crippen molar-refractivity contribution >= 4 is 23.3 Å². The second-order valence-electron chi connectivity index (χ2n) is 6.85. The van der Waals surface area contributed by atoms with E-state index in [1.165, 1.54) is 0 Å². The fourth-order valence-electron chi connectivity index (χ4n) is 3.51. The molecule has 2 amide bonds. The van der Waals surface area contributed by atoms with E-state index in [0.29, 0.717) is 18.7 Å². The van der Waals surface area contributed by atoms with Gasteiger partial charge in [0.1, 0.15) is 12.1 Å². The number of amides is 2. The summed E-state index contributed by atoms with van der Waals surface area (Å²) in [6.45, 7) is 6.89. The summed E-state index contributed by atoms with van der Waals surface area (Å²) in [6.07, 6.45) is 3.09. The van der Waals surface area contributed by atoms with Crippen LogP contribution in [0, 0.1) is 5.92 Å². The molecule has 0 spiro atoms. The van der Waals surface area contributed by atoms with E-state index in [0.717, 1.165) is 31.7 Å². The van der Waals surface area contributed by atoms with Crippen LogP contribution in [0.15, 0.2) is 18.5 Å². The number of aromatic nitrogens is 4. The lowest BCUT2D eigenvalue weighted by Gasteiger charge is -2.34. The molecule has 1 fully saturated rings. The number of carbonyl (C=O) groups is 2. The highest BCUT2D eigenvalue weighted by Crippen LogP contribution is 2.23. The number of piperidine rings is 1. The highest BCUT2D eigenvalue weighted by molar-refractivity contribution is 5.86. The van der Waals surface area contributed by atoms with Gasteiger partial charge in [-0.3, -0.25) is 9.59 Å². The van der Waals surface area contributed by atoms with Gasteiger partial charge in [-0.25, -0.2) is 0 Å². The largest absolute Gasteiger partial charge is 0.355 e. The summed E-state index contributed by atoms with van der Waals surface area (Å²) in [5.74, 6) is 0.866. The van der Waals surface area contributed by atoms with Crippen LogP contribution in [0.4, 0.5) is 5.82 Å². The fourth-order valence-corrected chi connectivity index (χ4v) is 3.51. The Hall–Kier alpha value is -2.71. The highest BCUT2D eigenvalue weighted by atomic mass is 16.2. The summed E-state index contributed by atoms with van der Waals surface area (Å²) in [5, 5.41) is 12.3. The molecule has 27 heavy (non-hydrogen) atoms. The molecule has 2 aromatic rings. The first-order chi connectivity index (χ1) is 13.0. The standard InChI is InChI=1S/C18H27N7O2/c1-4-23(5-2)17(26)12-22(3)18(27)14-8-10-24(11-9-14)16-7-6-15-20-19-13-25(15)21-16/h6-7,13-14H,4-5,8-12H2,1-3H3. The van der Waals surface area contributed by atoms with E-state index in [1.54, 1.807) is 27.7 Å². The van der Waals surface area contributed by atoms with Gasteiger partial charge >= 0.3 is 0 Å². The Morgan fingerprint density at radius 2 is 1.89 bits per heavy atom. The van der Waals surface area contributed by atoms with Crippen molar-refractivity contribution in [3.05, 3.63) is 18.5 Å². The second kappa shape index (κ2) is 8.32. The molecule has 0 aromatic carbocycles. The van der Waals surface area contributed by atoms with Gasteiger partial charge in [-0.15, -0.1) is 15.3 Å². The predicted molar refractivity (Wildman–Crippen MR) is 101 cm³/mol. The van der Waals surface area contributed by atoms with E-state index in [-0.39, 0.29) is 24.3 Å². The third-order valence-electron chi connectivity index (χ3n) is 5.18. The number of anilines is 1. The van der Waals surface area contributed by atoms with Gasteiger partial charge in [-0.1, -0.05) is 0 Å². The maximum atomic E-state index is 12.7. The lowest BCUT2D eigenvalue weighted by Crippen LogP contribution is -2.45. The number of carbonyl (C=O) groups excluding carboxylic acids is 2. The Morgan fingerprint density at radius 1 is 1.19 bits per heavy atom. The minimum Gasteiger partial charge on any atom is -0.355 e. The van der Waals surface area contributed by atoms with Crippen molar-refractivity contribution in [2.45, 2.75) is 26.7 Å². The van der Waals surface area contributed by atoms with Gasteiger partial charge in [-0.05, 0) is 38.8 Å². The molecule has 0 unspecified atom stereocenters. The minimum atomic E-state index is -0.0469. The summed E-state index contributed by atoms with van der Waals surface area (Å²) in [5.41, 5.74) is 0.711. The molecule has 1 aliphatic rings. The summed E-state index contributed by atoms with van der Waals surface area (Å²) in [4.78, 5) is 30.4. The molecule has 1 aliphatic heterocycles. The Morgan fingerprint density at radius 3 is 2.56 bits per heavy atom. The van der Waals surface area contributed by atoms with E-state index in [9.17, 15) is 9.59 Å². The number of hydrogen-bond donors (Lipinski definition) is 0. The lowest BCUT2D eigenvalue weighted by atomic mass is 9.95. The average Bonchev–Trinajstić information content (AvgIpc) is 3.16. The number of likely N-dealkylation sites (N-methyl/N-ethyl adjacent to an activating group) is 2. The van der Waals surface area contributed by atoms with Crippen LogP contribution in [0.2, 0.25) is 0 Å². The van der Waals surface area contributed by atoms with Crippen molar-refractivity contribution in [2.24, 2.45) is 5.92 Å². The number of nitrogens with zero attached hydrogens (tertiary/aromatic N) is 7. The third-order valence-corrected chi connectivity index (χ3v) is 5.18. The molecule has 0 bridgehead atoms. The number of rotatable bonds is 6. The third kappa shape index (κ3) is 4.17. The average molecular weight is 373 g/mol. The van der Waals surface area contributed by atoms with Gasteiger partial charge in [0, 0.05) is 39.1 Å². The number of hydrogen-bond acceptors (Lipinski definition) is 6. The summed E-state index contributed by atoms with van der Waals surface area (Å²) >= 11 is 0. The van der Waals surface area contributed by atoms with Gasteiger partial charge in [-0.2, -0.15) is 4.52 Å². The van der Waals surface area contributed by atoms with Crippen molar-refractivity contribution in [1.29, 1.82) is 0 Å². The van der Waals surface area contributed by atoms with E-state index in [2.05, 4.69) is 20.2 Å². The zero-order valence-corrected chi connectivity index (χ0v) is 16.2. The molecular weight excluding hydrogens is 346 g/mol. The smallest absolute Gasteiger partial charge is 0.242 e. The lowest BCUT2D eigenvalue weighted by molar-refractivity contribution is -0.141. The topological polar surface area (TPSA) is 86.9 Å². The van der Waals surface area contributed by atoms with E-state index >= 15 is 0 Å². The molecule has 9 nitrogen and oxygen atoms in total. The zero-order chi connectivity index (χ0) is 19.4. The molecule has 1 saturated heterocycles. The van der Waals surface area contributed by atoms with Gasteiger partial charge in [0.15, 0.2) is 5.65 Å². The molecule has 3 heterocycles. The molecule has 0 aliphatic carbocycles. The Bertz CT molecular complexity index is 794. The molecule has 0 N–H and O–H groups in total. The zero-order valence-electron chi connectivity index (χ0n) is 16.2. The molecule has 0 atom stereocenters. The SMILES string of the molecule is CCN(CC)C(=O)CN(C)C(=O)C1CCN(c2ccc3nncn3n2)CC1. The van der Waals surface area contributed by atoms with Crippen LogP contribution in [0.5, 0.6) is 0 Å². The van der Waals surface area contributed by atoms with Crippen LogP contribution < -0.4 is 4.90 Å². The maximum Gasteiger partial charge on any atom is 0.242 e. The van der Waals surface area contributed by atoms with Crippen molar-refractivity contribution in [3.8, 4) is 0 Å². The number of fused-ring (bicyclic) bond motifs is 1. The first-order valence-corrected chi connectivity index (χ1v) is 9.48. The first kappa shape index (κ1) is 19.1. The van der Waals surface area contributed by atoms with Gasteiger partial charge < -0.3 is 14.7 Å². The molecule has 0 saturated carbocycles. The monoisotopic (exact) mass is 373 g/mol. The van der Waals surface area contributed by atoms with Crippen LogP contribution >= 0.6 is 0 Å². The quantitative estimate of drug-likeness (QED) is 0.740. The van der Waals surface area contributed by atoms with E-state index < -0.39 is 0 Å². The summed E-state index contributed by atoms with van der Waals surface area (Å²) in [6, 6.07) is 3.82. The Kier molecular flexibility index (Phi) is 5.88. The maximum absolute atomic E-state index is 12.7. The predicted octanol–water partition coefficient (Wildman–Crippen LogP) is 0.668. The Labute approximate surface area is 158 Å². The molecule has 0 radical (unpaired) electrons. The fraction of sp³-hybridized carbons (Fsp3) is 0.611. The van der Waals surface area contributed by atoms with Crippen LogP contribution in [0.3, 0.4) is 0 Å². The van der Waals surface area contributed by atoms with Crippen molar-refractivity contribution < 1.29 is 9.59 Å². The minimum absolute atomic E-state index is 0.000250. The van der Waals surface area contributed by atoms with Crippen LogP contribution in [-0.4, -0.2) is 81.2 Å². The van der Waals surface area contributed by atoms with Crippen LogP contribution in [0.25, 0.3) is 5.65 Å². The molecule has 9 heteroatoms. The molecule has 146 valence electrons. The molecule has 3 rings (SSSR count). The van der Waals surface area contributed by atoms with Gasteiger partial charge in [0.25, 0.3) is 0 Å². The normalized spacial score (nSPS) is 15.1. The first-order valence-electron chi connectivity index (χ1n) is 9.48. The summed E-state index contributed by atoms with van der Waals surface area (Å²) in [7, 11) is 1.72. The van der Waals surface area contributed by atoms with Crippen LogP contribution in [-0.2, 0) is 9.59 Å². The second-order valence-corrected chi connectivity index (χ2v) is 6.85. The van der Waals surface area contributed by atoms with E-state index in [4.69, 9.17) is 0 Å². The highest BCUT2D eigenvalue weighted by Gasteiger charge is 2.29. The van der Waals surface area contributed by atoms with Crippen molar-refractivity contribution in [3.63, 3.8) is 0 Å². The Balaban J connectivity index is 1.54. The molecular formula is C18H27N7O2. The van der Waals surface area contributed by atoms with Crippen molar-refractivity contribution in [2.75, 3.05) is 44.7 Å². The van der Waals surface area contributed by atoms with E-state index in [1.807, 2.05) is 26.0 Å².